The molecule has 2 aromatic carbocycles. The van der Waals surface area contributed by atoms with Crippen molar-refractivity contribution in [1.82, 2.24) is 0 Å². The zero-order valence-corrected chi connectivity index (χ0v) is 18.2. The van der Waals surface area contributed by atoms with Crippen molar-refractivity contribution in [2.45, 2.75) is 64.6 Å². The first kappa shape index (κ1) is 22.7. The van der Waals surface area contributed by atoms with Crippen LogP contribution in [0.1, 0.15) is 61.5 Å². The fraction of sp³-hybridized carbons (Fsp3) is 0.400. The van der Waals surface area contributed by atoms with Gasteiger partial charge in [-0.25, -0.2) is 0 Å². The van der Waals surface area contributed by atoms with E-state index in [1.807, 2.05) is 13.8 Å². The average molecular weight is 427 g/mol. The molecule has 2 unspecified atom stereocenters. The molecule has 3 rings (SSSR count). The highest BCUT2D eigenvalue weighted by molar-refractivity contribution is 5.98. The molecular formula is C25H30O6. The Morgan fingerprint density at radius 3 is 2.58 bits per heavy atom. The smallest absolute Gasteiger partial charge is 0.166 e. The van der Waals surface area contributed by atoms with Gasteiger partial charge >= 0.3 is 0 Å². The van der Waals surface area contributed by atoms with Gasteiger partial charge in [-0.1, -0.05) is 17.7 Å². The molecule has 0 saturated heterocycles. The van der Waals surface area contributed by atoms with E-state index in [0.29, 0.717) is 25.0 Å². The minimum atomic E-state index is -1.07. The number of aromatic hydroxyl groups is 3. The third-order valence-electron chi connectivity index (χ3n) is 5.79. The lowest BCUT2D eigenvalue weighted by atomic mass is 9.88. The molecule has 1 aliphatic rings. The Labute approximate surface area is 182 Å². The minimum Gasteiger partial charge on any atom is -0.508 e. The van der Waals surface area contributed by atoms with E-state index in [-0.39, 0.29) is 35.0 Å². The molecule has 2 aromatic rings. The summed E-state index contributed by atoms with van der Waals surface area (Å²) < 4.78 is 5.95. The monoisotopic (exact) mass is 426 g/mol. The number of fused-ring (bicyclic) bond motifs is 1. The van der Waals surface area contributed by atoms with Crippen molar-refractivity contribution in [1.29, 1.82) is 0 Å². The number of Topliss-reactive ketones (excluding diaryl/α,β-unsaturated/α-hetero) is 1. The lowest BCUT2D eigenvalue weighted by Gasteiger charge is -2.29. The van der Waals surface area contributed by atoms with Gasteiger partial charge in [0.05, 0.1) is 11.2 Å². The number of carbonyl (C=O) groups excluding carboxylic acids is 1. The third-order valence-corrected chi connectivity index (χ3v) is 5.79. The van der Waals surface area contributed by atoms with Gasteiger partial charge in [0.2, 0.25) is 0 Å². The molecule has 0 aliphatic carbocycles. The third kappa shape index (κ3) is 5.20. The van der Waals surface area contributed by atoms with Gasteiger partial charge in [0, 0.05) is 24.5 Å². The van der Waals surface area contributed by atoms with E-state index in [4.69, 9.17) is 4.74 Å². The summed E-state index contributed by atoms with van der Waals surface area (Å²) in [5.41, 5.74) is 1.94. The van der Waals surface area contributed by atoms with Gasteiger partial charge in [-0.05, 0) is 63.8 Å². The molecule has 6 heteroatoms. The molecule has 1 aliphatic heterocycles. The Kier molecular flexibility index (Phi) is 6.60. The first-order valence-electron chi connectivity index (χ1n) is 10.5. The summed E-state index contributed by atoms with van der Waals surface area (Å²) in [5.74, 6) is -0.223. The maximum absolute atomic E-state index is 12.5. The lowest BCUT2D eigenvalue weighted by Crippen LogP contribution is -2.42. The SMILES string of the molecule is CC(C)=CCCC(C)(O)C1Cc2c(CCC(=O)c3ccc(O)cc3O)ccc(O)c2O1. The first-order chi connectivity index (χ1) is 14.6. The van der Waals surface area contributed by atoms with Crippen LogP contribution in [0.3, 0.4) is 0 Å². The van der Waals surface area contributed by atoms with E-state index >= 15 is 0 Å². The predicted octanol–water partition coefficient (Wildman–Crippen LogP) is 4.42. The number of hydrogen-bond donors (Lipinski definition) is 4. The molecule has 166 valence electrons. The number of phenols is 3. The molecule has 31 heavy (non-hydrogen) atoms. The lowest BCUT2D eigenvalue weighted by molar-refractivity contribution is -0.0438. The number of ketones is 1. The van der Waals surface area contributed by atoms with Crippen molar-refractivity contribution in [2.75, 3.05) is 0 Å². The fourth-order valence-corrected chi connectivity index (χ4v) is 3.91. The summed E-state index contributed by atoms with van der Waals surface area (Å²) in [6.45, 7) is 5.77. The van der Waals surface area contributed by atoms with E-state index in [2.05, 4.69) is 6.08 Å². The van der Waals surface area contributed by atoms with Crippen LogP contribution in [0.2, 0.25) is 0 Å². The number of hydrogen-bond acceptors (Lipinski definition) is 6. The van der Waals surface area contributed by atoms with Gasteiger partial charge in [0.25, 0.3) is 0 Å². The molecular weight excluding hydrogens is 396 g/mol. The molecule has 0 bridgehead atoms. The van der Waals surface area contributed by atoms with Crippen molar-refractivity contribution < 1.29 is 30.0 Å². The zero-order chi connectivity index (χ0) is 22.8. The number of benzene rings is 2. The summed E-state index contributed by atoms with van der Waals surface area (Å²) >= 11 is 0. The quantitative estimate of drug-likeness (QED) is 0.368. The van der Waals surface area contributed by atoms with Crippen molar-refractivity contribution in [3.8, 4) is 23.0 Å². The summed E-state index contributed by atoms with van der Waals surface area (Å²) in [6, 6.07) is 7.21. The Morgan fingerprint density at radius 1 is 1.16 bits per heavy atom. The van der Waals surface area contributed by atoms with Crippen LogP contribution in [0.5, 0.6) is 23.0 Å². The van der Waals surface area contributed by atoms with Gasteiger partial charge in [0.1, 0.15) is 17.6 Å². The topological polar surface area (TPSA) is 107 Å². The minimum absolute atomic E-state index is 0.0175. The molecule has 0 saturated carbocycles. The Hall–Kier alpha value is -2.99. The highest BCUT2D eigenvalue weighted by atomic mass is 16.5. The number of phenolic OH excluding ortho intramolecular Hbond substituents is 3. The van der Waals surface area contributed by atoms with Crippen molar-refractivity contribution in [3.63, 3.8) is 0 Å². The molecule has 0 radical (unpaired) electrons. The number of ether oxygens (including phenoxy) is 1. The second-order valence-corrected chi connectivity index (χ2v) is 8.66. The maximum Gasteiger partial charge on any atom is 0.166 e. The Bertz CT molecular complexity index is 1000. The highest BCUT2D eigenvalue weighted by Crippen LogP contribution is 2.43. The van der Waals surface area contributed by atoms with Crippen LogP contribution >= 0.6 is 0 Å². The number of aryl methyl sites for hydroxylation is 1. The highest BCUT2D eigenvalue weighted by Gasteiger charge is 2.40. The standard InChI is InChI=1S/C25H30O6/c1-15(2)5-4-12-25(3,30)23-14-19-16(7-11-21(28)24(19)31-23)6-10-20(27)18-9-8-17(26)13-22(18)29/h5,7-9,11,13,23,26,28-30H,4,6,10,12,14H2,1-3H3. The van der Waals surface area contributed by atoms with Crippen LogP contribution < -0.4 is 4.74 Å². The van der Waals surface area contributed by atoms with Crippen molar-refractivity contribution in [3.05, 3.63) is 58.7 Å². The van der Waals surface area contributed by atoms with E-state index in [1.54, 1.807) is 13.0 Å². The summed E-state index contributed by atoms with van der Waals surface area (Å²) in [6.07, 6.45) is 3.84. The number of carbonyl (C=O) groups is 1. The molecule has 0 amide bonds. The van der Waals surface area contributed by atoms with Crippen molar-refractivity contribution >= 4 is 5.78 Å². The van der Waals surface area contributed by atoms with Crippen LogP contribution in [0.4, 0.5) is 0 Å². The second kappa shape index (κ2) is 9.02. The van der Waals surface area contributed by atoms with Crippen LogP contribution in [-0.2, 0) is 12.8 Å². The van der Waals surface area contributed by atoms with Crippen LogP contribution in [0.25, 0.3) is 0 Å². The molecule has 0 fully saturated rings. The number of rotatable bonds is 8. The van der Waals surface area contributed by atoms with E-state index < -0.39 is 11.7 Å². The van der Waals surface area contributed by atoms with Gasteiger partial charge in [0.15, 0.2) is 17.3 Å². The largest absolute Gasteiger partial charge is 0.508 e. The summed E-state index contributed by atoms with van der Waals surface area (Å²) in [4.78, 5) is 12.5. The normalized spacial score (nSPS) is 16.8. The van der Waals surface area contributed by atoms with Gasteiger partial charge in [-0.2, -0.15) is 0 Å². The number of aliphatic hydroxyl groups is 1. The van der Waals surface area contributed by atoms with Crippen LogP contribution in [-0.4, -0.2) is 37.9 Å². The number of allylic oxidation sites excluding steroid dienone is 2. The van der Waals surface area contributed by atoms with Crippen LogP contribution in [0.15, 0.2) is 42.0 Å². The first-order valence-corrected chi connectivity index (χ1v) is 10.5. The molecule has 6 nitrogen and oxygen atoms in total. The van der Waals surface area contributed by atoms with E-state index in [9.17, 15) is 25.2 Å². The Balaban J connectivity index is 1.73. The average Bonchev–Trinajstić information content (AvgIpc) is 3.14. The van der Waals surface area contributed by atoms with Crippen molar-refractivity contribution in [2.24, 2.45) is 0 Å². The van der Waals surface area contributed by atoms with Gasteiger partial charge < -0.3 is 25.2 Å². The summed E-state index contributed by atoms with van der Waals surface area (Å²) in [5, 5.41) is 40.5. The molecule has 0 spiro atoms. The predicted molar refractivity (Wildman–Crippen MR) is 118 cm³/mol. The fourth-order valence-electron chi connectivity index (χ4n) is 3.91. The van der Waals surface area contributed by atoms with Crippen LogP contribution in [0, 0.1) is 0 Å². The molecule has 2 atom stereocenters. The van der Waals surface area contributed by atoms with Gasteiger partial charge in [-0.3, -0.25) is 4.79 Å². The van der Waals surface area contributed by atoms with E-state index in [0.717, 1.165) is 23.6 Å². The molecule has 0 aromatic heterocycles. The van der Waals surface area contributed by atoms with E-state index in [1.165, 1.54) is 23.8 Å². The Morgan fingerprint density at radius 2 is 1.90 bits per heavy atom. The second-order valence-electron chi connectivity index (χ2n) is 8.66. The molecule has 4 N–H and O–H groups in total. The van der Waals surface area contributed by atoms with Gasteiger partial charge in [-0.15, -0.1) is 0 Å². The maximum atomic E-state index is 12.5. The zero-order valence-electron chi connectivity index (χ0n) is 18.2. The molecule has 1 heterocycles. The summed E-state index contributed by atoms with van der Waals surface area (Å²) in [7, 11) is 0.